The smallest absolute Gasteiger partial charge is 0.338 e. The maximum absolute atomic E-state index is 13.3. The Hall–Kier alpha value is -3.22. The average Bonchev–Trinajstić information content (AvgIpc) is 2.79. The van der Waals surface area contributed by atoms with Crippen LogP contribution in [-0.4, -0.2) is 23.5 Å². The van der Waals surface area contributed by atoms with Crippen molar-refractivity contribution in [2.45, 2.75) is 13.8 Å². The number of aryl methyl sites for hydroxylation is 1. The van der Waals surface area contributed by atoms with Crippen molar-refractivity contribution in [2.75, 3.05) is 11.9 Å². The summed E-state index contributed by atoms with van der Waals surface area (Å²) in [5.41, 5.74) is 4.70. The normalized spacial score (nSPS) is 10.8. The highest BCUT2D eigenvalue weighted by Gasteiger charge is 2.17. The molecule has 1 amide bonds. The minimum atomic E-state index is -0.400. The third kappa shape index (κ3) is 5.07. The van der Waals surface area contributed by atoms with Crippen molar-refractivity contribution >= 4 is 56.0 Å². The SMILES string of the molecule is CCOC(=O)c1ccc(NC(=O)c2cc(-c3ccc(Cl)cc3)nc3c(C)cc(Br)cc23)cc1. The molecule has 1 heterocycles. The number of pyridine rings is 1. The summed E-state index contributed by atoms with van der Waals surface area (Å²) in [6, 6.07) is 19.6. The first-order valence-corrected chi connectivity index (χ1v) is 11.5. The fourth-order valence-electron chi connectivity index (χ4n) is 3.52. The van der Waals surface area contributed by atoms with Gasteiger partial charge in [-0.15, -0.1) is 0 Å². The van der Waals surface area contributed by atoms with Gasteiger partial charge in [0.1, 0.15) is 0 Å². The first-order valence-electron chi connectivity index (χ1n) is 10.3. The van der Waals surface area contributed by atoms with Crippen molar-refractivity contribution in [1.82, 2.24) is 4.98 Å². The Balaban J connectivity index is 1.74. The second kappa shape index (κ2) is 9.73. The second-order valence-corrected chi connectivity index (χ2v) is 8.78. The number of fused-ring (bicyclic) bond motifs is 1. The van der Waals surface area contributed by atoms with E-state index in [1.165, 1.54) is 0 Å². The molecule has 0 aliphatic carbocycles. The lowest BCUT2D eigenvalue weighted by Gasteiger charge is -2.13. The fourth-order valence-corrected chi connectivity index (χ4v) is 4.21. The number of esters is 1. The number of anilines is 1. The number of aromatic nitrogens is 1. The summed E-state index contributed by atoms with van der Waals surface area (Å²) in [4.78, 5) is 30.0. The predicted molar refractivity (Wildman–Crippen MR) is 135 cm³/mol. The minimum Gasteiger partial charge on any atom is -0.462 e. The molecule has 4 aromatic rings. The van der Waals surface area contributed by atoms with E-state index in [9.17, 15) is 9.59 Å². The molecule has 0 aliphatic rings. The number of hydrogen-bond acceptors (Lipinski definition) is 4. The van der Waals surface area contributed by atoms with Gasteiger partial charge in [0.05, 0.1) is 28.9 Å². The zero-order valence-corrected chi connectivity index (χ0v) is 20.3. The van der Waals surface area contributed by atoms with Gasteiger partial charge in [-0.25, -0.2) is 9.78 Å². The highest BCUT2D eigenvalue weighted by atomic mass is 79.9. The maximum atomic E-state index is 13.3. The number of nitrogens with one attached hydrogen (secondary N) is 1. The molecule has 3 aromatic carbocycles. The molecule has 4 rings (SSSR count). The Morgan fingerprint density at radius 3 is 2.39 bits per heavy atom. The van der Waals surface area contributed by atoms with Crippen LogP contribution in [0.1, 0.15) is 33.2 Å². The highest BCUT2D eigenvalue weighted by Crippen LogP contribution is 2.30. The number of hydrogen-bond donors (Lipinski definition) is 1. The van der Waals surface area contributed by atoms with Gasteiger partial charge in [-0.2, -0.15) is 0 Å². The molecule has 1 aromatic heterocycles. The van der Waals surface area contributed by atoms with Gasteiger partial charge in [0.15, 0.2) is 0 Å². The van der Waals surface area contributed by atoms with Crippen molar-refractivity contribution < 1.29 is 14.3 Å². The highest BCUT2D eigenvalue weighted by molar-refractivity contribution is 9.10. The first-order chi connectivity index (χ1) is 15.9. The summed E-state index contributed by atoms with van der Waals surface area (Å²) in [6.07, 6.45) is 0. The van der Waals surface area contributed by atoms with Gasteiger partial charge in [-0.3, -0.25) is 4.79 Å². The van der Waals surface area contributed by atoms with Crippen molar-refractivity contribution in [2.24, 2.45) is 0 Å². The van der Waals surface area contributed by atoms with Crippen LogP contribution in [0.3, 0.4) is 0 Å². The molecule has 0 unspecified atom stereocenters. The van der Waals surface area contributed by atoms with Gasteiger partial charge in [0.2, 0.25) is 0 Å². The van der Waals surface area contributed by atoms with Gasteiger partial charge >= 0.3 is 5.97 Å². The zero-order chi connectivity index (χ0) is 23.5. The Morgan fingerprint density at radius 1 is 1.03 bits per heavy atom. The van der Waals surface area contributed by atoms with Gasteiger partial charge in [-0.05, 0) is 74.0 Å². The second-order valence-electron chi connectivity index (χ2n) is 7.43. The van der Waals surface area contributed by atoms with Crippen LogP contribution in [0.5, 0.6) is 0 Å². The van der Waals surface area contributed by atoms with Gasteiger partial charge in [-0.1, -0.05) is 39.7 Å². The quantitative estimate of drug-likeness (QED) is 0.284. The van der Waals surface area contributed by atoms with Crippen LogP contribution in [-0.2, 0) is 4.74 Å². The number of halogens is 2. The van der Waals surface area contributed by atoms with Crippen molar-refractivity contribution in [3.05, 3.63) is 92.9 Å². The van der Waals surface area contributed by atoms with E-state index < -0.39 is 5.97 Å². The van der Waals surface area contributed by atoms with E-state index in [4.69, 9.17) is 21.3 Å². The van der Waals surface area contributed by atoms with Gasteiger partial charge in [0.25, 0.3) is 5.91 Å². The van der Waals surface area contributed by atoms with E-state index in [0.717, 1.165) is 26.5 Å². The van der Waals surface area contributed by atoms with Crippen molar-refractivity contribution in [1.29, 1.82) is 0 Å². The molecule has 0 spiro atoms. The molecule has 7 heteroatoms. The van der Waals surface area contributed by atoms with Crippen LogP contribution in [0, 0.1) is 6.92 Å². The maximum Gasteiger partial charge on any atom is 0.338 e. The largest absolute Gasteiger partial charge is 0.462 e. The molecule has 0 aliphatic heterocycles. The molecule has 0 fully saturated rings. The predicted octanol–water partition coefficient (Wildman–Crippen LogP) is 7.06. The molecular formula is C26H20BrClN2O3. The van der Waals surface area contributed by atoms with Crippen LogP contribution >= 0.6 is 27.5 Å². The standard InChI is InChI=1S/C26H20BrClN2O3/c1-3-33-26(32)17-6-10-20(11-7-17)29-25(31)22-14-23(16-4-8-19(28)9-5-16)30-24-15(2)12-18(27)13-21(22)24/h4-14H,3H2,1-2H3,(H,29,31). The van der Waals surface area contributed by atoms with E-state index in [0.29, 0.717) is 34.1 Å². The summed E-state index contributed by atoms with van der Waals surface area (Å²) in [5, 5.41) is 4.28. The van der Waals surface area contributed by atoms with Gasteiger partial charge in [0, 0.05) is 26.1 Å². The third-order valence-corrected chi connectivity index (χ3v) is 5.82. The van der Waals surface area contributed by atoms with E-state index in [2.05, 4.69) is 21.2 Å². The number of carbonyl (C=O) groups excluding carboxylic acids is 2. The lowest BCUT2D eigenvalue weighted by atomic mass is 10.0. The lowest BCUT2D eigenvalue weighted by molar-refractivity contribution is 0.0526. The number of nitrogens with zero attached hydrogens (tertiary/aromatic N) is 1. The number of rotatable bonds is 5. The summed E-state index contributed by atoms with van der Waals surface area (Å²) in [5.74, 6) is -0.678. The third-order valence-electron chi connectivity index (χ3n) is 5.11. The summed E-state index contributed by atoms with van der Waals surface area (Å²) in [6.45, 7) is 4.02. The molecule has 0 radical (unpaired) electrons. The zero-order valence-electron chi connectivity index (χ0n) is 18.0. The van der Waals surface area contributed by atoms with Crippen LogP contribution in [0.4, 0.5) is 5.69 Å². The molecule has 0 bridgehead atoms. The number of carbonyl (C=O) groups is 2. The number of benzene rings is 3. The van der Waals surface area contributed by atoms with E-state index in [1.807, 2.05) is 31.2 Å². The summed E-state index contributed by atoms with van der Waals surface area (Å²) in [7, 11) is 0. The molecule has 0 saturated heterocycles. The summed E-state index contributed by atoms with van der Waals surface area (Å²) >= 11 is 9.56. The molecule has 1 N–H and O–H groups in total. The molecule has 0 saturated carbocycles. The van der Waals surface area contributed by atoms with Crippen LogP contribution in [0.15, 0.2) is 71.2 Å². The Bertz CT molecular complexity index is 1350. The van der Waals surface area contributed by atoms with Crippen molar-refractivity contribution in [3.63, 3.8) is 0 Å². The molecule has 0 atom stereocenters. The minimum absolute atomic E-state index is 0.279. The molecule has 33 heavy (non-hydrogen) atoms. The number of ether oxygens (including phenoxy) is 1. The lowest BCUT2D eigenvalue weighted by Crippen LogP contribution is -2.13. The van der Waals surface area contributed by atoms with Gasteiger partial charge < -0.3 is 10.1 Å². The van der Waals surface area contributed by atoms with Crippen molar-refractivity contribution in [3.8, 4) is 11.3 Å². The average molecular weight is 524 g/mol. The first kappa shape index (κ1) is 23.0. The Labute approximate surface area is 204 Å². The summed E-state index contributed by atoms with van der Waals surface area (Å²) < 4.78 is 5.87. The Kier molecular flexibility index (Phi) is 6.77. The molecule has 5 nitrogen and oxygen atoms in total. The monoisotopic (exact) mass is 522 g/mol. The molecular weight excluding hydrogens is 504 g/mol. The van der Waals surface area contributed by atoms with Crippen LogP contribution in [0.25, 0.3) is 22.2 Å². The van der Waals surface area contributed by atoms with Crippen LogP contribution < -0.4 is 5.32 Å². The van der Waals surface area contributed by atoms with Crippen LogP contribution in [0.2, 0.25) is 5.02 Å². The van der Waals surface area contributed by atoms with E-state index in [-0.39, 0.29) is 5.91 Å². The Morgan fingerprint density at radius 2 is 1.73 bits per heavy atom. The van der Waals surface area contributed by atoms with E-state index >= 15 is 0 Å². The number of amides is 1. The molecule has 166 valence electrons. The topological polar surface area (TPSA) is 68.3 Å². The van der Waals surface area contributed by atoms with E-state index in [1.54, 1.807) is 49.4 Å². The fraction of sp³-hybridized carbons (Fsp3) is 0.115.